The Labute approximate surface area is 134 Å². The van der Waals surface area contributed by atoms with E-state index in [1.165, 1.54) is 6.92 Å². The second-order valence-electron chi connectivity index (χ2n) is 5.08. The zero-order valence-electron chi connectivity index (χ0n) is 12.4. The highest BCUT2D eigenvalue weighted by Crippen LogP contribution is 2.31. The maximum atomic E-state index is 12.5. The van der Waals surface area contributed by atoms with Crippen LogP contribution in [-0.2, 0) is 11.0 Å². The van der Waals surface area contributed by atoms with Gasteiger partial charge >= 0.3 is 6.18 Å². The number of fused-ring (bicyclic) bond motifs is 1. The molecule has 2 N–H and O–H groups in total. The Hall–Kier alpha value is -3.03. The topological polar surface area (TPSA) is 67.0 Å². The van der Waals surface area contributed by atoms with Crippen LogP contribution in [0, 0.1) is 0 Å². The SMILES string of the molecule is CC(=O)Nc1c[nH]c2ccc(Oc3ccc(C(F)(F)F)cn3)cc12. The summed E-state index contributed by atoms with van der Waals surface area (Å²) in [6.45, 7) is 1.39. The first-order valence-electron chi connectivity index (χ1n) is 6.93. The fourth-order valence-corrected chi connectivity index (χ4v) is 2.19. The first-order chi connectivity index (χ1) is 11.3. The van der Waals surface area contributed by atoms with E-state index in [0.29, 0.717) is 17.6 Å². The summed E-state index contributed by atoms with van der Waals surface area (Å²) in [7, 11) is 0. The number of halogens is 3. The summed E-state index contributed by atoms with van der Waals surface area (Å²) in [6.07, 6.45) is -2.08. The van der Waals surface area contributed by atoms with E-state index in [1.807, 2.05) is 0 Å². The van der Waals surface area contributed by atoms with Gasteiger partial charge in [0.2, 0.25) is 11.8 Å². The van der Waals surface area contributed by atoms with Gasteiger partial charge in [-0.1, -0.05) is 0 Å². The Morgan fingerprint density at radius 3 is 2.67 bits per heavy atom. The molecule has 1 aromatic carbocycles. The minimum atomic E-state index is -4.44. The molecule has 2 aromatic heterocycles. The molecule has 0 saturated heterocycles. The van der Waals surface area contributed by atoms with Crippen LogP contribution in [0.5, 0.6) is 11.6 Å². The van der Waals surface area contributed by atoms with Gasteiger partial charge in [0.1, 0.15) is 5.75 Å². The lowest BCUT2D eigenvalue weighted by atomic mass is 10.2. The van der Waals surface area contributed by atoms with Crippen LogP contribution in [0.15, 0.2) is 42.7 Å². The molecule has 3 aromatic rings. The summed E-state index contributed by atoms with van der Waals surface area (Å²) in [4.78, 5) is 17.8. The number of nitrogens with zero attached hydrogens (tertiary/aromatic N) is 1. The highest BCUT2D eigenvalue weighted by molar-refractivity contribution is 6.01. The van der Waals surface area contributed by atoms with Crippen LogP contribution in [0.3, 0.4) is 0 Å². The van der Waals surface area contributed by atoms with Gasteiger partial charge in [0, 0.05) is 36.3 Å². The van der Waals surface area contributed by atoms with Crippen molar-refractivity contribution in [3.63, 3.8) is 0 Å². The summed E-state index contributed by atoms with van der Waals surface area (Å²) in [5.74, 6) is 0.214. The lowest BCUT2D eigenvalue weighted by Gasteiger charge is -2.08. The van der Waals surface area contributed by atoms with Crippen LogP contribution >= 0.6 is 0 Å². The third kappa shape index (κ3) is 3.32. The molecule has 2 heterocycles. The van der Waals surface area contributed by atoms with Gasteiger partial charge in [-0.05, 0) is 24.3 Å². The summed E-state index contributed by atoms with van der Waals surface area (Å²) in [6, 6.07) is 7.10. The summed E-state index contributed by atoms with van der Waals surface area (Å²) in [5.41, 5.74) is 0.527. The number of ether oxygens (including phenoxy) is 1. The maximum Gasteiger partial charge on any atom is 0.417 e. The molecule has 0 spiro atoms. The fraction of sp³-hybridized carbons (Fsp3) is 0.125. The molecule has 0 unspecified atom stereocenters. The number of aromatic nitrogens is 2. The summed E-state index contributed by atoms with van der Waals surface area (Å²) < 4.78 is 43.0. The minimum Gasteiger partial charge on any atom is -0.439 e. The molecule has 0 saturated carbocycles. The molecule has 0 atom stereocenters. The number of hydrogen-bond donors (Lipinski definition) is 2. The van der Waals surface area contributed by atoms with Crippen molar-refractivity contribution in [2.24, 2.45) is 0 Å². The van der Waals surface area contributed by atoms with E-state index in [9.17, 15) is 18.0 Å². The number of anilines is 1. The van der Waals surface area contributed by atoms with Crippen LogP contribution in [0.4, 0.5) is 18.9 Å². The quantitative estimate of drug-likeness (QED) is 0.748. The van der Waals surface area contributed by atoms with E-state index in [1.54, 1.807) is 24.4 Å². The molecule has 0 aliphatic carbocycles. The number of hydrogen-bond acceptors (Lipinski definition) is 3. The van der Waals surface area contributed by atoms with Gasteiger partial charge in [0.05, 0.1) is 11.3 Å². The lowest BCUT2D eigenvalue weighted by molar-refractivity contribution is -0.137. The van der Waals surface area contributed by atoms with Gasteiger partial charge < -0.3 is 15.0 Å². The molecule has 0 aliphatic rings. The van der Waals surface area contributed by atoms with Crippen LogP contribution in [0.2, 0.25) is 0 Å². The van der Waals surface area contributed by atoms with Gasteiger partial charge in [0.25, 0.3) is 0 Å². The van der Waals surface area contributed by atoms with Crippen LogP contribution in [0.25, 0.3) is 10.9 Å². The Morgan fingerprint density at radius 1 is 1.25 bits per heavy atom. The molecular formula is C16H12F3N3O2. The average molecular weight is 335 g/mol. The summed E-state index contributed by atoms with van der Waals surface area (Å²) >= 11 is 0. The van der Waals surface area contributed by atoms with Crippen molar-refractivity contribution in [3.8, 4) is 11.6 Å². The smallest absolute Gasteiger partial charge is 0.417 e. The van der Waals surface area contributed by atoms with Crippen molar-refractivity contribution < 1.29 is 22.7 Å². The molecule has 0 fully saturated rings. The van der Waals surface area contributed by atoms with Crippen molar-refractivity contribution in [3.05, 3.63) is 48.3 Å². The van der Waals surface area contributed by atoms with Crippen molar-refractivity contribution >= 4 is 22.5 Å². The molecule has 0 bridgehead atoms. The normalized spacial score (nSPS) is 11.5. The zero-order chi connectivity index (χ0) is 17.3. The number of nitrogens with one attached hydrogen (secondary N) is 2. The Kier molecular flexibility index (Phi) is 3.88. The molecule has 1 amide bonds. The Balaban J connectivity index is 1.86. The number of pyridine rings is 1. The van der Waals surface area contributed by atoms with Crippen molar-refractivity contribution in [1.29, 1.82) is 0 Å². The molecule has 0 aliphatic heterocycles. The van der Waals surface area contributed by atoms with Gasteiger partial charge in [-0.3, -0.25) is 4.79 Å². The second-order valence-corrected chi connectivity index (χ2v) is 5.08. The highest BCUT2D eigenvalue weighted by atomic mass is 19.4. The zero-order valence-corrected chi connectivity index (χ0v) is 12.4. The largest absolute Gasteiger partial charge is 0.439 e. The number of carbonyl (C=O) groups excluding carboxylic acids is 1. The van der Waals surface area contributed by atoms with Crippen molar-refractivity contribution in [1.82, 2.24) is 9.97 Å². The monoisotopic (exact) mass is 335 g/mol. The fourth-order valence-electron chi connectivity index (χ4n) is 2.19. The Morgan fingerprint density at radius 2 is 2.04 bits per heavy atom. The van der Waals surface area contributed by atoms with Gasteiger partial charge in [0.15, 0.2) is 0 Å². The third-order valence-electron chi connectivity index (χ3n) is 3.25. The molecular weight excluding hydrogens is 323 g/mol. The number of alkyl halides is 3. The van der Waals surface area contributed by atoms with E-state index in [2.05, 4.69) is 15.3 Å². The predicted molar refractivity (Wildman–Crippen MR) is 81.9 cm³/mol. The third-order valence-corrected chi connectivity index (χ3v) is 3.25. The predicted octanol–water partition coefficient (Wildman–Crippen LogP) is 4.33. The van der Waals surface area contributed by atoms with E-state index in [0.717, 1.165) is 23.0 Å². The van der Waals surface area contributed by atoms with Crippen LogP contribution in [-0.4, -0.2) is 15.9 Å². The number of aromatic amines is 1. The van der Waals surface area contributed by atoms with E-state index < -0.39 is 11.7 Å². The molecule has 124 valence electrons. The van der Waals surface area contributed by atoms with Crippen molar-refractivity contribution in [2.45, 2.75) is 13.1 Å². The number of amides is 1. The first-order valence-corrected chi connectivity index (χ1v) is 6.93. The van der Waals surface area contributed by atoms with Gasteiger partial charge in [-0.15, -0.1) is 0 Å². The van der Waals surface area contributed by atoms with Crippen molar-refractivity contribution in [2.75, 3.05) is 5.32 Å². The average Bonchev–Trinajstić information content (AvgIpc) is 2.89. The first kappa shape index (κ1) is 15.9. The van der Waals surface area contributed by atoms with Crippen LogP contribution in [0.1, 0.15) is 12.5 Å². The Bertz CT molecular complexity index is 886. The molecule has 0 radical (unpaired) electrons. The standard InChI is InChI=1S/C16H12F3N3O2/c1-9(23)22-14-8-20-13-4-3-11(6-12(13)14)24-15-5-2-10(7-21-15)16(17,18)19/h2-8,20H,1H3,(H,22,23). The van der Waals surface area contributed by atoms with Gasteiger partial charge in [-0.2, -0.15) is 13.2 Å². The molecule has 24 heavy (non-hydrogen) atoms. The van der Waals surface area contributed by atoms with Gasteiger partial charge in [-0.25, -0.2) is 4.98 Å². The summed E-state index contributed by atoms with van der Waals surface area (Å²) in [5, 5.41) is 3.39. The molecule has 8 heteroatoms. The second kappa shape index (κ2) is 5.88. The van der Waals surface area contributed by atoms with E-state index >= 15 is 0 Å². The molecule has 5 nitrogen and oxygen atoms in total. The highest BCUT2D eigenvalue weighted by Gasteiger charge is 2.30. The van der Waals surface area contributed by atoms with E-state index in [4.69, 9.17) is 4.74 Å². The number of benzene rings is 1. The minimum absolute atomic E-state index is 0.0407. The molecule has 3 rings (SSSR count). The number of H-pyrrole nitrogens is 1. The number of carbonyl (C=O) groups is 1. The lowest BCUT2D eigenvalue weighted by Crippen LogP contribution is -2.05. The number of rotatable bonds is 3. The van der Waals surface area contributed by atoms with Crippen LogP contribution < -0.4 is 10.1 Å². The maximum absolute atomic E-state index is 12.5. The van der Waals surface area contributed by atoms with E-state index in [-0.39, 0.29) is 11.8 Å².